The monoisotopic (exact) mass is 201 g/mol. The topological polar surface area (TPSA) is 64.1 Å². The van der Waals surface area contributed by atoms with Gasteiger partial charge in [-0.1, -0.05) is 6.20 Å². The van der Waals surface area contributed by atoms with Crippen LogP contribution in [0, 0.1) is 6.20 Å². The van der Waals surface area contributed by atoms with Gasteiger partial charge in [0.25, 0.3) is 0 Å². The zero-order valence-electron chi connectivity index (χ0n) is 9.37. The molecule has 0 aromatic carbocycles. The molecule has 76 valence electrons. The molecule has 0 fully saturated rings. The van der Waals surface area contributed by atoms with E-state index in [4.69, 9.17) is 4.74 Å². The van der Waals surface area contributed by atoms with Crippen molar-refractivity contribution in [1.29, 1.82) is 0 Å². The van der Waals surface area contributed by atoms with Crippen LogP contribution in [-0.4, -0.2) is 21.7 Å². The van der Waals surface area contributed by atoms with Gasteiger partial charge in [-0.2, -0.15) is 0 Å². The average molecular weight is 201 g/mol. The second-order valence-electron chi connectivity index (χ2n) is 3.66. The molecular weight excluding hydrogens is 189 g/mol. The van der Waals surface area contributed by atoms with E-state index in [0.29, 0.717) is 5.82 Å². The Morgan fingerprint density at radius 2 is 2.20 bits per heavy atom. The summed E-state index contributed by atoms with van der Waals surface area (Å²) in [5, 5.41) is 2.44. The van der Waals surface area contributed by atoms with Gasteiger partial charge in [-0.15, -0.1) is 6.20 Å². The van der Waals surface area contributed by atoms with Crippen LogP contribution < -0.4 is 24.2 Å². The first kappa shape index (κ1) is 13.9. The molecule has 0 spiro atoms. The summed E-state index contributed by atoms with van der Waals surface area (Å²) in [6.45, 7) is 5.37. The van der Waals surface area contributed by atoms with Crippen molar-refractivity contribution in [2.75, 3.05) is 5.32 Å². The SMILES string of the molecule is CC(C)(C)OC(=O)Nc1cn[c-]cn1.[Li+]. The second-order valence-corrected chi connectivity index (χ2v) is 3.66. The molecule has 0 saturated heterocycles. The number of carbonyl (C=O) groups is 1. The third-order valence-corrected chi connectivity index (χ3v) is 1.15. The molecule has 0 radical (unpaired) electrons. The molecular formula is C9H12LiN3O2. The van der Waals surface area contributed by atoms with E-state index >= 15 is 0 Å². The predicted molar refractivity (Wildman–Crippen MR) is 50.7 cm³/mol. The average Bonchev–Trinajstić information content (AvgIpc) is 2.02. The molecule has 0 aliphatic heterocycles. The van der Waals surface area contributed by atoms with Crippen molar-refractivity contribution in [2.24, 2.45) is 0 Å². The summed E-state index contributed by atoms with van der Waals surface area (Å²) < 4.78 is 5.01. The number of carbonyl (C=O) groups excluding carboxylic acids is 1. The fourth-order valence-corrected chi connectivity index (χ4v) is 0.736. The van der Waals surface area contributed by atoms with Crippen LogP contribution in [0.4, 0.5) is 10.6 Å². The van der Waals surface area contributed by atoms with Gasteiger partial charge < -0.3 is 9.72 Å². The van der Waals surface area contributed by atoms with Crippen molar-refractivity contribution in [1.82, 2.24) is 9.97 Å². The first-order chi connectivity index (χ1) is 6.47. The third kappa shape index (κ3) is 6.10. The van der Waals surface area contributed by atoms with Crippen LogP contribution in [0.2, 0.25) is 0 Å². The van der Waals surface area contributed by atoms with E-state index in [-0.39, 0.29) is 18.9 Å². The molecule has 1 heterocycles. The molecule has 1 aromatic rings. The summed E-state index contributed by atoms with van der Waals surface area (Å²) in [6, 6.07) is 0. The quantitative estimate of drug-likeness (QED) is 0.449. The molecule has 5 nitrogen and oxygen atoms in total. The number of nitrogens with one attached hydrogen (secondary N) is 1. The minimum atomic E-state index is -0.544. The van der Waals surface area contributed by atoms with Gasteiger partial charge in [0, 0.05) is 0 Å². The van der Waals surface area contributed by atoms with E-state index in [2.05, 4.69) is 21.5 Å². The van der Waals surface area contributed by atoms with E-state index in [1.165, 1.54) is 12.4 Å². The van der Waals surface area contributed by atoms with Gasteiger partial charge in [0.05, 0.1) is 5.82 Å². The van der Waals surface area contributed by atoms with E-state index in [0.717, 1.165) is 0 Å². The van der Waals surface area contributed by atoms with Crippen LogP contribution in [0.15, 0.2) is 12.4 Å². The largest absolute Gasteiger partial charge is 1.00 e. The predicted octanol–water partition coefficient (Wildman–Crippen LogP) is -1.37. The van der Waals surface area contributed by atoms with Crippen molar-refractivity contribution < 1.29 is 28.4 Å². The molecule has 0 bridgehead atoms. The summed E-state index contributed by atoms with van der Waals surface area (Å²) in [7, 11) is 0. The number of hydrogen-bond donors (Lipinski definition) is 1. The first-order valence-electron chi connectivity index (χ1n) is 4.15. The molecule has 1 aromatic heterocycles. The van der Waals surface area contributed by atoms with Gasteiger partial charge in [-0.25, -0.2) is 4.79 Å². The smallest absolute Gasteiger partial charge is 0.454 e. The summed E-state index contributed by atoms with van der Waals surface area (Å²) >= 11 is 0. The minimum absolute atomic E-state index is 0. The van der Waals surface area contributed by atoms with Crippen LogP contribution >= 0.6 is 0 Å². The van der Waals surface area contributed by atoms with Crippen LogP contribution in [-0.2, 0) is 4.74 Å². The van der Waals surface area contributed by atoms with Crippen molar-refractivity contribution in [3.8, 4) is 0 Å². The van der Waals surface area contributed by atoms with Crippen molar-refractivity contribution in [3.05, 3.63) is 18.6 Å². The summed E-state index contributed by atoms with van der Waals surface area (Å²) in [5.74, 6) is 0.345. The Morgan fingerprint density at radius 1 is 1.53 bits per heavy atom. The number of anilines is 1. The van der Waals surface area contributed by atoms with Crippen LogP contribution in [0.1, 0.15) is 20.8 Å². The molecule has 1 rings (SSSR count). The molecule has 0 atom stereocenters. The van der Waals surface area contributed by atoms with E-state index in [9.17, 15) is 4.79 Å². The number of nitrogens with zero attached hydrogens (tertiary/aromatic N) is 2. The van der Waals surface area contributed by atoms with Gasteiger partial charge in [0.1, 0.15) is 5.60 Å². The fraction of sp³-hybridized carbons (Fsp3) is 0.444. The molecule has 0 saturated carbocycles. The number of rotatable bonds is 1. The maximum Gasteiger partial charge on any atom is 1.00 e. The fourth-order valence-electron chi connectivity index (χ4n) is 0.736. The Hall–Kier alpha value is -1.05. The molecule has 0 unspecified atom stereocenters. The normalized spacial score (nSPS) is 10.1. The molecule has 1 amide bonds. The van der Waals surface area contributed by atoms with Gasteiger partial charge >= 0.3 is 25.0 Å². The van der Waals surface area contributed by atoms with Crippen molar-refractivity contribution in [3.63, 3.8) is 0 Å². The summed E-state index contributed by atoms with van der Waals surface area (Å²) in [5.41, 5.74) is -0.515. The molecule has 0 aliphatic rings. The molecule has 0 aliphatic carbocycles. The van der Waals surface area contributed by atoms with Gasteiger partial charge in [0.2, 0.25) is 0 Å². The Kier molecular flexibility index (Phi) is 5.33. The number of amides is 1. The molecule has 6 heteroatoms. The first-order valence-corrected chi connectivity index (χ1v) is 4.15. The third-order valence-electron chi connectivity index (χ3n) is 1.15. The Bertz CT molecular complexity index is 311. The maximum atomic E-state index is 11.2. The second kappa shape index (κ2) is 5.74. The molecule has 1 N–H and O–H groups in total. The standard InChI is InChI=1S/C9H12N3O2.Li/c1-9(2,3)14-8(13)12-7-6-10-4-5-11-7;/h5-6H,1-3H3,(H,11,12,13);/q-1;+1. The minimum Gasteiger partial charge on any atom is -0.454 e. The Morgan fingerprint density at radius 3 is 2.67 bits per heavy atom. The van der Waals surface area contributed by atoms with E-state index < -0.39 is 11.7 Å². The summed E-state index contributed by atoms with van der Waals surface area (Å²) in [4.78, 5) is 18.7. The van der Waals surface area contributed by atoms with Crippen molar-refractivity contribution >= 4 is 11.9 Å². The van der Waals surface area contributed by atoms with Gasteiger partial charge in [0.15, 0.2) is 0 Å². The van der Waals surface area contributed by atoms with Gasteiger partial charge in [-0.05, 0) is 27.0 Å². The van der Waals surface area contributed by atoms with Gasteiger partial charge in [-0.3, -0.25) is 10.3 Å². The number of aromatic nitrogens is 2. The summed E-state index contributed by atoms with van der Waals surface area (Å²) in [6.07, 6.45) is 4.72. The van der Waals surface area contributed by atoms with Crippen LogP contribution in [0.5, 0.6) is 0 Å². The van der Waals surface area contributed by atoms with Crippen LogP contribution in [0.25, 0.3) is 0 Å². The Labute approximate surface area is 101 Å². The number of ether oxygens (including phenoxy) is 1. The van der Waals surface area contributed by atoms with E-state index in [1.54, 1.807) is 20.8 Å². The van der Waals surface area contributed by atoms with E-state index in [1.807, 2.05) is 0 Å². The number of hydrogen-bond acceptors (Lipinski definition) is 4. The van der Waals surface area contributed by atoms with Crippen LogP contribution in [0.3, 0.4) is 0 Å². The Balaban J connectivity index is 0.00000196. The molecule has 15 heavy (non-hydrogen) atoms. The zero-order chi connectivity index (χ0) is 10.6. The maximum absolute atomic E-state index is 11.2. The zero-order valence-corrected chi connectivity index (χ0v) is 9.37. The van der Waals surface area contributed by atoms with Crippen molar-refractivity contribution in [2.45, 2.75) is 26.4 Å².